The third kappa shape index (κ3) is 3.05. The maximum Gasteiger partial charge on any atom is 0.280 e. The largest absolute Gasteiger partial charge is 0.339 e. The number of anilines is 1. The molecular weight excluding hydrogens is 305 g/mol. The number of nitrogens with one attached hydrogen (secondary N) is 1. The molecular formula is C11H12FN3O3S2. The molecule has 0 bridgehead atoms. The normalized spacial score (nSPS) is 13.2. The molecule has 0 aliphatic carbocycles. The van der Waals surface area contributed by atoms with E-state index in [-0.39, 0.29) is 15.6 Å². The Hall–Kier alpha value is -1.74. The number of halogens is 1. The number of hydrogen-bond donors (Lipinski definition) is 1. The van der Waals surface area contributed by atoms with E-state index in [1.807, 2.05) is 0 Å². The van der Waals surface area contributed by atoms with Gasteiger partial charge in [-0.2, -0.15) is 8.42 Å². The van der Waals surface area contributed by atoms with E-state index in [9.17, 15) is 17.0 Å². The topological polar surface area (TPSA) is 81.1 Å². The first-order chi connectivity index (χ1) is 9.29. The highest BCUT2D eigenvalue weighted by Gasteiger charge is 2.18. The van der Waals surface area contributed by atoms with E-state index in [4.69, 9.17) is 0 Å². The molecule has 1 heterocycles. The van der Waals surface area contributed by atoms with Crippen LogP contribution in [-0.2, 0) is 27.9 Å². The summed E-state index contributed by atoms with van der Waals surface area (Å²) in [4.78, 5) is 3.74. The number of nitrogens with zero attached hydrogens (tertiary/aromatic N) is 2. The molecule has 0 unspecified atom stereocenters. The van der Waals surface area contributed by atoms with Crippen molar-refractivity contribution in [3.05, 3.63) is 36.5 Å². The van der Waals surface area contributed by atoms with E-state index >= 15 is 0 Å². The minimum atomic E-state index is -3.87. The Morgan fingerprint density at radius 3 is 2.60 bits per heavy atom. The molecule has 0 spiro atoms. The lowest BCUT2D eigenvalue weighted by molar-refractivity contribution is 0.595. The molecule has 1 aromatic heterocycles. The van der Waals surface area contributed by atoms with Gasteiger partial charge in [0, 0.05) is 19.5 Å². The lowest BCUT2D eigenvalue weighted by Crippen LogP contribution is -2.13. The molecule has 0 amide bonds. The van der Waals surface area contributed by atoms with Crippen LogP contribution in [0, 0.1) is 5.82 Å². The van der Waals surface area contributed by atoms with Gasteiger partial charge in [0.05, 0.1) is 27.7 Å². The van der Waals surface area contributed by atoms with Gasteiger partial charge in [0.15, 0.2) is 5.03 Å². The molecule has 0 saturated heterocycles. The number of aryl methyl sites for hydroxylation is 1. The summed E-state index contributed by atoms with van der Waals surface area (Å²) < 4.78 is 52.5. The van der Waals surface area contributed by atoms with Crippen molar-refractivity contribution in [2.45, 2.75) is 9.92 Å². The van der Waals surface area contributed by atoms with Gasteiger partial charge in [0.1, 0.15) is 5.82 Å². The Kier molecular flexibility index (Phi) is 3.91. The van der Waals surface area contributed by atoms with Gasteiger partial charge >= 0.3 is 0 Å². The molecule has 0 radical (unpaired) electrons. The third-order valence-electron chi connectivity index (χ3n) is 2.45. The van der Waals surface area contributed by atoms with Crippen molar-refractivity contribution in [1.29, 1.82) is 0 Å². The average Bonchev–Trinajstić information content (AvgIpc) is 2.75. The number of imidazole rings is 1. The van der Waals surface area contributed by atoms with Gasteiger partial charge in [-0.15, -0.1) is 0 Å². The number of sulfonamides is 1. The van der Waals surface area contributed by atoms with E-state index in [0.29, 0.717) is 0 Å². The highest BCUT2D eigenvalue weighted by Crippen LogP contribution is 2.19. The van der Waals surface area contributed by atoms with Crippen LogP contribution < -0.4 is 4.72 Å². The fourth-order valence-electron chi connectivity index (χ4n) is 1.53. The van der Waals surface area contributed by atoms with Gasteiger partial charge in [-0.1, -0.05) is 0 Å². The smallest absolute Gasteiger partial charge is 0.280 e. The standard InChI is InChI=1S/C11H12FN3O3S2/c1-15-6-11(13-7-15)20(17,18)14-8-3-4-10(19(2)16)9(12)5-8/h3-7,14H,1-2H3/t19-/m1/s1. The van der Waals surface area contributed by atoms with Crippen molar-refractivity contribution in [3.8, 4) is 0 Å². The van der Waals surface area contributed by atoms with E-state index in [0.717, 1.165) is 6.07 Å². The summed E-state index contributed by atoms with van der Waals surface area (Å²) in [6.07, 6.45) is 4.02. The Labute approximate surface area is 118 Å². The van der Waals surface area contributed by atoms with Crippen molar-refractivity contribution in [3.63, 3.8) is 0 Å². The summed E-state index contributed by atoms with van der Waals surface area (Å²) in [5.41, 5.74) is 0.0438. The third-order valence-corrected chi connectivity index (χ3v) is 4.67. The molecule has 2 rings (SSSR count). The summed E-state index contributed by atoms with van der Waals surface area (Å²) in [5.74, 6) is -0.730. The molecule has 9 heteroatoms. The van der Waals surface area contributed by atoms with Crippen molar-refractivity contribution in [2.24, 2.45) is 7.05 Å². The second-order valence-corrected chi connectivity index (χ2v) is 7.06. The quantitative estimate of drug-likeness (QED) is 0.915. The number of hydrogen-bond acceptors (Lipinski definition) is 4. The van der Waals surface area contributed by atoms with Gasteiger partial charge < -0.3 is 4.57 Å². The summed E-state index contributed by atoms with van der Waals surface area (Å²) in [5, 5.41) is -0.163. The molecule has 20 heavy (non-hydrogen) atoms. The molecule has 1 atom stereocenters. The number of rotatable bonds is 4. The maximum atomic E-state index is 13.6. The molecule has 0 aliphatic heterocycles. The lowest BCUT2D eigenvalue weighted by Gasteiger charge is -2.07. The predicted octanol–water partition coefficient (Wildman–Crippen LogP) is 1.10. The van der Waals surface area contributed by atoms with Gasteiger partial charge in [-0.05, 0) is 18.2 Å². The van der Waals surface area contributed by atoms with Gasteiger partial charge in [0.2, 0.25) is 0 Å². The van der Waals surface area contributed by atoms with Gasteiger partial charge in [-0.25, -0.2) is 9.37 Å². The minimum absolute atomic E-state index is 0.0192. The highest BCUT2D eigenvalue weighted by molar-refractivity contribution is 7.92. The van der Waals surface area contributed by atoms with Crippen LogP contribution in [0.15, 0.2) is 40.6 Å². The zero-order chi connectivity index (χ0) is 14.9. The zero-order valence-electron chi connectivity index (χ0n) is 10.7. The number of benzene rings is 1. The van der Waals surface area contributed by atoms with E-state index in [1.165, 1.54) is 35.5 Å². The monoisotopic (exact) mass is 317 g/mol. The molecule has 2 aromatic rings. The van der Waals surface area contributed by atoms with Crippen LogP contribution in [0.2, 0.25) is 0 Å². The average molecular weight is 317 g/mol. The highest BCUT2D eigenvalue weighted by atomic mass is 32.2. The first-order valence-electron chi connectivity index (χ1n) is 5.43. The summed E-state index contributed by atoms with van der Waals surface area (Å²) >= 11 is 0. The van der Waals surface area contributed by atoms with Crippen molar-refractivity contribution in [2.75, 3.05) is 11.0 Å². The Morgan fingerprint density at radius 1 is 1.40 bits per heavy atom. The van der Waals surface area contributed by atoms with E-state index in [1.54, 1.807) is 7.05 Å². The first-order valence-corrected chi connectivity index (χ1v) is 8.47. The molecule has 1 aromatic carbocycles. The lowest BCUT2D eigenvalue weighted by atomic mass is 10.3. The predicted molar refractivity (Wildman–Crippen MR) is 72.7 cm³/mol. The molecule has 6 nitrogen and oxygen atoms in total. The summed E-state index contributed by atoms with van der Waals surface area (Å²) in [6, 6.07) is 3.61. The second kappa shape index (κ2) is 5.33. The van der Waals surface area contributed by atoms with Crippen LogP contribution in [0.1, 0.15) is 0 Å². The van der Waals surface area contributed by atoms with Crippen molar-refractivity contribution < 1.29 is 17.0 Å². The first kappa shape index (κ1) is 14.7. The molecule has 0 aliphatic rings. The van der Waals surface area contributed by atoms with E-state index < -0.39 is 26.6 Å². The van der Waals surface area contributed by atoms with Crippen LogP contribution >= 0.6 is 0 Å². The van der Waals surface area contributed by atoms with Crippen LogP contribution in [0.5, 0.6) is 0 Å². The Balaban J connectivity index is 2.30. The van der Waals surface area contributed by atoms with Crippen molar-refractivity contribution >= 4 is 26.5 Å². The van der Waals surface area contributed by atoms with Gasteiger partial charge in [-0.3, -0.25) is 8.93 Å². The fraction of sp³-hybridized carbons (Fsp3) is 0.182. The Morgan fingerprint density at radius 2 is 2.10 bits per heavy atom. The Bertz CT molecular complexity index is 771. The SMILES string of the molecule is Cn1cnc(S(=O)(=O)Nc2ccc([S@@](C)=O)c(F)c2)c1. The zero-order valence-corrected chi connectivity index (χ0v) is 12.3. The maximum absolute atomic E-state index is 13.6. The van der Waals surface area contributed by atoms with Crippen molar-refractivity contribution in [1.82, 2.24) is 9.55 Å². The fourth-order valence-corrected chi connectivity index (χ4v) is 3.16. The number of aromatic nitrogens is 2. The molecule has 0 fully saturated rings. The summed E-state index contributed by atoms with van der Waals surface area (Å²) in [7, 11) is -3.70. The summed E-state index contributed by atoms with van der Waals surface area (Å²) in [6.45, 7) is 0. The second-order valence-electron chi connectivity index (χ2n) is 4.08. The van der Waals surface area contributed by atoms with Crippen LogP contribution in [0.25, 0.3) is 0 Å². The molecule has 0 saturated carbocycles. The molecule has 1 N–H and O–H groups in total. The van der Waals surface area contributed by atoms with Gasteiger partial charge in [0.25, 0.3) is 10.0 Å². The van der Waals surface area contributed by atoms with Crippen LogP contribution in [-0.4, -0.2) is 28.4 Å². The van der Waals surface area contributed by atoms with Crippen LogP contribution in [0.4, 0.5) is 10.1 Å². The van der Waals surface area contributed by atoms with E-state index in [2.05, 4.69) is 9.71 Å². The molecule has 108 valence electrons. The minimum Gasteiger partial charge on any atom is -0.339 e. The van der Waals surface area contributed by atoms with Crippen LogP contribution in [0.3, 0.4) is 0 Å².